The summed E-state index contributed by atoms with van der Waals surface area (Å²) in [6.07, 6.45) is 0. The molecule has 0 saturated heterocycles. The Balaban J connectivity index is 0.753. The van der Waals surface area contributed by atoms with Gasteiger partial charge in [0, 0.05) is 105 Å². The molecule has 0 aliphatic rings. The fraction of sp³-hybridized carbons (Fsp3) is 0.0750. The molecule has 0 amide bonds. The van der Waals surface area contributed by atoms with E-state index in [2.05, 4.69) is 314 Å². The number of aromatic nitrogens is 2. The maximum Gasteiger partial charge on any atom is 0.143 e. The van der Waals surface area contributed by atoms with E-state index in [9.17, 15) is 0 Å². The van der Waals surface area contributed by atoms with Gasteiger partial charge in [-0.3, -0.25) is 0 Å². The van der Waals surface area contributed by atoms with Crippen molar-refractivity contribution in [2.24, 2.45) is 0 Å². The van der Waals surface area contributed by atoms with Crippen LogP contribution in [0.1, 0.15) is 50.7 Å². The fourth-order valence-corrected chi connectivity index (χ4v) is 13.7. The monoisotopic (exact) mass is 1110 g/mol. The van der Waals surface area contributed by atoms with Crippen LogP contribution < -0.4 is 9.80 Å². The van der Waals surface area contributed by atoms with Crippen molar-refractivity contribution >= 4 is 143 Å². The van der Waals surface area contributed by atoms with E-state index < -0.39 is 0 Å². The summed E-state index contributed by atoms with van der Waals surface area (Å²) in [5.74, 6) is 0.848. The van der Waals surface area contributed by atoms with E-state index >= 15 is 0 Å². The molecular weight excluding hydrogens is 1050 g/mol. The van der Waals surface area contributed by atoms with E-state index in [0.29, 0.717) is 11.8 Å². The molecule has 17 aromatic rings. The minimum absolute atomic E-state index is 0.424. The summed E-state index contributed by atoms with van der Waals surface area (Å²) >= 11 is 0. The van der Waals surface area contributed by atoms with Gasteiger partial charge in [-0.2, -0.15) is 0 Å². The zero-order valence-electron chi connectivity index (χ0n) is 48.2. The number of hydrogen-bond acceptors (Lipinski definition) is 4. The van der Waals surface area contributed by atoms with E-state index in [1.165, 1.54) is 54.7 Å². The van der Waals surface area contributed by atoms with Crippen LogP contribution in [-0.4, -0.2) is 9.13 Å². The van der Waals surface area contributed by atoms with Crippen LogP contribution in [0.3, 0.4) is 0 Å². The van der Waals surface area contributed by atoms with Crippen LogP contribution in [0.25, 0.3) is 120 Å². The lowest BCUT2D eigenvalue weighted by Gasteiger charge is -2.26. The highest BCUT2D eigenvalue weighted by atomic mass is 16.3. The molecule has 4 aromatic heterocycles. The van der Waals surface area contributed by atoms with Gasteiger partial charge in [-0.15, -0.1) is 0 Å². The Hall–Kier alpha value is -10.8. The molecule has 410 valence electrons. The molecule has 17 rings (SSSR count). The molecule has 0 aliphatic carbocycles. The topological polar surface area (TPSA) is 42.6 Å². The van der Waals surface area contributed by atoms with Crippen LogP contribution in [-0.2, 0) is 0 Å². The summed E-state index contributed by atoms with van der Waals surface area (Å²) in [5.41, 5.74) is 19.5. The standard InChI is InChI=1S/C80H58N4O2/c1-49(2)51-23-29-57(30-24-51)81(61-35-41-75-69(45-61)65-19-11-13-21-73(65)83(75)55-15-7-5-8-16-55)59-33-39-63-53(43-59)27-37-67-71-47-72-68-38-28-54-44-60(34-40-64(54)80(68)86-78(72)48-77(71)85-79(63)67)82(58-31-25-52(26-32-58)50(3)4)62-36-42-76-70(46-62)66-20-12-14-22-74(66)84(76)56-17-9-6-10-18-56/h5-50H,1-4H3. The smallest absolute Gasteiger partial charge is 0.143 e. The lowest BCUT2D eigenvalue weighted by Crippen LogP contribution is -2.10. The van der Waals surface area contributed by atoms with Gasteiger partial charge in [-0.05, 0) is 185 Å². The molecule has 0 spiro atoms. The molecule has 0 N–H and O–H groups in total. The van der Waals surface area contributed by atoms with Crippen LogP contribution in [0, 0.1) is 0 Å². The molecule has 6 heteroatoms. The van der Waals surface area contributed by atoms with Crippen molar-refractivity contribution in [3.8, 4) is 11.4 Å². The van der Waals surface area contributed by atoms with Gasteiger partial charge in [-0.1, -0.05) is 137 Å². The number of para-hydroxylation sites is 4. The first kappa shape index (κ1) is 49.8. The molecule has 0 unspecified atom stereocenters. The Morgan fingerprint density at radius 2 is 0.628 bits per heavy atom. The highest BCUT2D eigenvalue weighted by Gasteiger charge is 2.23. The molecule has 4 heterocycles. The lowest BCUT2D eigenvalue weighted by molar-refractivity contribution is 0.660. The zero-order chi connectivity index (χ0) is 57.3. The summed E-state index contributed by atoms with van der Waals surface area (Å²) in [4.78, 5) is 4.78. The fourth-order valence-electron chi connectivity index (χ4n) is 13.7. The number of benzene rings is 13. The van der Waals surface area contributed by atoms with Gasteiger partial charge in [0.05, 0.1) is 22.1 Å². The van der Waals surface area contributed by atoms with Crippen molar-refractivity contribution in [1.82, 2.24) is 9.13 Å². The van der Waals surface area contributed by atoms with Gasteiger partial charge in [0.1, 0.15) is 22.3 Å². The molecule has 0 bridgehead atoms. The predicted octanol–water partition coefficient (Wildman–Crippen LogP) is 23.2. The van der Waals surface area contributed by atoms with Gasteiger partial charge in [0.2, 0.25) is 0 Å². The second kappa shape index (κ2) is 19.4. The molecule has 0 fully saturated rings. The Morgan fingerprint density at radius 3 is 1.06 bits per heavy atom. The van der Waals surface area contributed by atoms with Gasteiger partial charge in [0.25, 0.3) is 0 Å². The van der Waals surface area contributed by atoms with Gasteiger partial charge in [0.15, 0.2) is 0 Å². The summed E-state index contributed by atoms with van der Waals surface area (Å²) in [6, 6.07) is 97.5. The molecule has 0 atom stereocenters. The summed E-state index contributed by atoms with van der Waals surface area (Å²) in [5, 5.41) is 13.5. The van der Waals surface area contributed by atoms with Crippen LogP contribution in [0.5, 0.6) is 0 Å². The van der Waals surface area contributed by atoms with E-state index in [-0.39, 0.29) is 0 Å². The maximum atomic E-state index is 6.93. The zero-order valence-corrected chi connectivity index (χ0v) is 48.2. The van der Waals surface area contributed by atoms with Crippen molar-refractivity contribution in [3.05, 3.63) is 278 Å². The third-order valence-electron chi connectivity index (χ3n) is 18.0. The molecule has 0 aliphatic heterocycles. The summed E-state index contributed by atoms with van der Waals surface area (Å²) in [7, 11) is 0. The van der Waals surface area contributed by atoms with E-state index in [1.807, 2.05) is 0 Å². The third-order valence-corrected chi connectivity index (χ3v) is 18.0. The number of fused-ring (bicyclic) bond motifs is 16. The van der Waals surface area contributed by atoms with Crippen LogP contribution in [0.2, 0.25) is 0 Å². The van der Waals surface area contributed by atoms with Gasteiger partial charge < -0.3 is 27.8 Å². The van der Waals surface area contributed by atoms with Crippen molar-refractivity contribution in [2.45, 2.75) is 39.5 Å². The molecular formula is C80H58N4O2. The second-order valence-electron chi connectivity index (χ2n) is 23.7. The van der Waals surface area contributed by atoms with Crippen LogP contribution in [0.15, 0.2) is 276 Å². The summed E-state index contributed by atoms with van der Waals surface area (Å²) < 4.78 is 18.6. The molecule has 0 radical (unpaired) electrons. The average molecular weight is 1110 g/mol. The first-order valence-electron chi connectivity index (χ1n) is 29.9. The molecule has 13 aromatic carbocycles. The summed E-state index contributed by atoms with van der Waals surface area (Å²) in [6.45, 7) is 8.99. The highest BCUT2D eigenvalue weighted by molar-refractivity contribution is 6.22. The van der Waals surface area contributed by atoms with E-state index in [4.69, 9.17) is 8.83 Å². The number of hydrogen-bond donors (Lipinski definition) is 0. The van der Waals surface area contributed by atoms with Gasteiger partial charge >= 0.3 is 0 Å². The predicted molar refractivity (Wildman–Crippen MR) is 362 cm³/mol. The Kier molecular flexibility index (Phi) is 11.2. The number of nitrogens with zero attached hydrogens (tertiary/aromatic N) is 4. The molecule has 6 nitrogen and oxygen atoms in total. The van der Waals surface area contributed by atoms with Gasteiger partial charge in [-0.25, -0.2) is 0 Å². The largest absolute Gasteiger partial charge is 0.455 e. The van der Waals surface area contributed by atoms with Crippen molar-refractivity contribution < 1.29 is 8.83 Å². The van der Waals surface area contributed by atoms with Crippen molar-refractivity contribution in [3.63, 3.8) is 0 Å². The van der Waals surface area contributed by atoms with Crippen molar-refractivity contribution in [2.75, 3.05) is 9.80 Å². The van der Waals surface area contributed by atoms with E-state index in [0.717, 1.165) is 111 Å². The Morgan fingerprint density at radius 1 is 0.267 bits per heavy atom. The SMILES string of the molecule is CC(C)c1ccc(N(c2ccc3c(ccc4c5cc6c(cc5oc34)oc3c4ccc(N(c5ccc(C(C)C)cc5)c5ccc7c(c5)c5ccccc5n7-c5ccccc5)cc4ccc63)c2)c2ccc3c(c2)c2ccccc2n3-c2ccccc2)cc1. The Labute approximate surface area is 497 Å². The minimum atomic E-state index is 0.424. The number of anilines is 6. The maximum absolute atomic E-state index is 6.93. The first-order chi connectivity index (χ1) is 42.3. The lowest BCUT2D eigenvalue weighted by atomic mass is 10.0. The normalized spacial score (nSPS) is 12.2. The molecule has 0 saturated carbocycles. The number of furan rings is 2. The first-order valence-corrected chi connectivity index (χ1v) is 29.9. The number of rotatable bonds is 10. The van der Waals surface area contributed by atoms with Crippen molar-refractivity contribution in [1.29, 1.82) is 0 Å². The van der Waals surface area contributed by atoms with Crippen LogP contribution in [0.4, 0.5) is 34.1 Å². The average Bonchev–Trinajstić information content (AvgIpc) is 2.06. The Bertz CT molecular complexity index is 5190. The molecule has 86 heavy (non-hydrogen) atoms. The third kappa shape index (κ3) is 7.79. The second-order valence-corrected chi connectivity index (χ2v) is 23.7. The van der Waals surface area contributed by atoms with E-state index in [1.54, 1.807) is 0 Å². The van der Waals surface area contributed by atoms with Crippen LogP contribution >= 0.6 is 0 Å². The minimum Gasteiger partial charge on any atom is -0.455 e. The quantitative estimate of drug-likeness (QED) is 0.137. The highest BCUT2D eigenvalue weighted by Crippen LogP contribution is 2.46.